The Morgan fingerprint density at radius 2 is 1.76 bits per heavy atom. The zero-order chi connectivity index (χ0) is 21.2. The number of hydrogen-bond donors (Lipinski definition) is 3. The van der Waals surface area contributed by atoms with Crippen LogP contribution in [0.2, 0.25) is 0 Å². The zero-order valence-corrected chi connectivity index (χ0v) is 15.4. The first kappa shape index (κ1) is 19.6. The van der Waals surface area contributed by atoms with Crippen molar-refractivity contribution in [3.8, 4) is 6.07 Å². The number of nitrogens with two attached hydrogens (primary N) is 1. The van der Waals surface area contributed by atoms with Gasteiger partial charge in [-0.15, -0.1) is 0 Å². The van der Waals surface area contributed by atoms with Crippen molar-refractivity contribution in [3.63, 3.8) is 0 Å². The van der Waals surface area contributed by atoms with Crippen LogP contribution >= 0.6 is 0 Å². The van der Waals surface area contributed by atoms with Gasteiger partial charge in [-0.05, 0) is 48.9 Å². The smallest absolute Gasteiger partial charge is 0.325 e. The molecule has 1 heterocycles. The van der Waals surface area contributed by atoms with Gasteiger partial charge in [0.2, 0.25) is 11.8 Å². The number of hydrogen-bond acceptors (Lipinski definition) is 5. The molecular formula is C20H17N5O4. The second-order valence-corrected chi connectivity index (χ2v) is 6.63. The van der Waals surface area contributed by atoms with Crippen molar-refractivity contribution in [2.45, 2.75) is 12.5 Å². The molecule has 1 fully saturated rings. The van der Waals surface area contributed by atoms with E-state index in [1.807, 2.05) is 6.07 Å². The normalized spacial score (nSPS) is 18.1. The molecule has 2 aromatic carbocycles. The number of nitrogens with one attached hydrogen (secondary N) is 2. The Bertz CT molecular complexity index is 1040. The minimum atomic E-state index is -1.34. The summed E-state index contributed by atoms with van der Waals surface area (Å²) in [4.78, 5) is 49.4. The van der Waals surface area contributed by atoms with Gasteiger partial charge in [0.15, 0.2) is 0 Å². The molecule has 4 N–H and O–H groups in total. The quantitative estimate of drug-likeness (QED) is 0.653. The number of amides is 5. The van der Waals surface area contributed by atoms with Crippen LogP contribution in [-0.2, 0) is 15.1 Å². The Morgan fingerprint density at radius 1 is 1.14 bits per heavy atom. The van der Waals surface area contributed by atoms with Crippen LogP contribution in [0.1, 0.15) is 28.4 Å². The summed E-state index contributed by atoms with van der Waals surface area (Å²) in [5.41, 5.74) is 5.43. The predicted octanol–water partition coefficient (Wildman–Crippen LogP) is 1.06. The van der Waals surface area contributed by atoms with Gasteiger partial charge in [-0.3, -0.25) is 19.3 Å². The first-order chi connectivity index (χ1) is 13.7. The molecule has 5 amide bonds. The van der Waals surface area contributed by atoms with Crippen LogP contribution < -0.4 is 16.4 Å². The number of imide groups is 1. The lowest BCUT2D eigenvalue weighted by Crippen LogP contribution is -2.42. The van der Waals surface area contributed by atoms with Gasteiger partial charge in [-0.25, -0.2) is 4.79 Å². The third-order valence-electron chi connectivity index (χ3n) is 4.62. The number of rotatable bonds is 5. The zero-order valence-electron chi connectivity index (χ0n) is 15.4. The Morgan fingerprint density at radius 3 is 2.31 bits per heavy atom. The Labute approximate surface area is 166 Å². The molecule has 2 aromatic rings. The second kappa shape index (κ2) is 7.44. The summed E-state index contributed by atoms with van der Waals surface area (Å²) in [5, 5.41) is 14.0. The lowest BCUT2D eigenvalue weighted by atomic mass is 9.91. The topological polar surface area (TPSA) is 145 Å². The Balaban J connectivity index is 1.71. The summed E-state index contributed by atoms with van der Waals surface area (Å²) in [6.45, 7) is 1.06. The van der Waals surface area contributed by atoms with Gasteiger partial charge in [-0.2, -0.15) is 5.26 Å². The van der Waals surface area contributed by atoms with E-state index in [0.29, 0.717) is 16.8 Å². The van der Waals surface area contributed by atoms with E-state index in [-0.39, 0.29) is 5.56 Å². The van der Waals surface area contributed by atoms with E-state index < -0.39 is 35.8 Å². The number of carbonyl (C=O) groups is 4. The summed E-state index contributed by atoms with van der Waals surface area (Å²) in [6, 6.07) is 13.4. The maximum Gasteiger partial charge on any atom is 0.325 e. The van der Waals surface area contributed by atoms with Gasteiger partial charge in [0.1, 0.15) is 12.1 Å². The van der Waals surface area contributed by atoms with Crippen molar-refractivity contribution in [3.05, 3.63) is 65.2 Å². The Hall–Kier alpha value is -4.19. The summed E-state index contributed by atoms with van der Waals surface area (Å²) >= 11 is 0. The molecule has 0 unspecified atom stereocenters. The molecule has 146 valence electrons. The maximum absolute atomic E-state index is 12.8. The van der Waals surface area contributed by atoms with Crippen LogP contribution in [0.4, 0.5) is 10.5 Å². The lowest BCUT2D eigenvalue weighted by Gasteiger charge is -2.22. The first-order valence-corrected chi connectivity index (χ1v) is 8.59. The third-order valence-corrected chi connectivity index (χ3v) is 4.62. The number of primary amides is 1. The number of urea groups is 1. The molecule has 3 rings (SSSR count). The lowest BCUT2D eigenvalue weighted by molar-refractivity contribution is -0.133. The summed E-state index contributed by atoms with van der Waals surface area (Å²) < 4.78 is 0. The van der Waals surface area contributed by atoms with E-state index in [0.717, 1.165) is 4.90 Å². The molecule has 9 heteroatoms. The monoisotopic (exact) mass is 391 g/mol. The van der Waals surface area contributed by atoms with E-state index in [9.17, 15) is 19.2 Å². The number of benzene rings is 2. The molecule has 29 heavy (non-hydrogen) atoms. The highest BCUT2D eigenvalue weighted by molar-refractivity contribution is 6.10. The van der Waals surface area contributed by atoms with E-state index >= 15 is 0 Å². The Kier molecular flexibility index (Phi) is 5.02. The third kappa shape index (κ3) is 3.77. The van der Waals surface area contributed by atoms with Crippen molar-refractivity contribution < 1.29 is 19.2 Å². The highest BCUT2D eigenvalue weighted by atomic mass is 16.2. The highest BCUT2D eigenvalue weighted by Crippen LogP contribution is 2.29. The first-order valence-electron chi connectivity index (χ1n) is 8.59. The fourth-order valence-corrected chi connectivity index (χ4v) is 2.98. The van der Waals surface area contributed by atoms with Crippen molar-refractivity contribution in [1.29, 1.82) is 5.26 Å². The standard InChI is InChI=1S/C20H17N5O4/c1-20(14-6-2-12(10-21)3-7-14)18(28)25(19(29)24-20)11-16(26)23-15-8-4-13(5-9-15)17(22)27/h2-9H,11H2,1H3,(H2,22,27)(H,23,26)(H,24,29)/t20-/m1/s1. The molecule has 1 aliphatic rings. The minimum absolute atomic E-state index is 0.287. The molecule has 0 aromatic heterocycles. The number of nitriles is 1. The van der Waals surface area contributed by atoms with Crippen LogP contribution in [-0.4, -0.2) is 35.2 Å². The molecule has 0 radical (unpaired) electrons. The maximum atomic E-state index is 12.8. The van der Waals surface area contributed by atoms with Gasteiger partial charge < -0.3 is 16.4 Å². The van der Waals surface area contributed by atoms with Gasteiger partial charge in [0, 0.05) is 11.3 Å². The van der Waals surface area contributed by atoms with Gasteiger partial charge >= 0.3 is 6.03 Å². The van der Waals surface area contributed by atoms with Crippen LogP contribution in [0.15, 0.2) is 48.5 Å². The van der Waals surface area contributed by atoms with Crippen molar-refractivity contribution in [2.75, 3.05) is 11.9 Å². The van der Waals surface area contributed by atoms with E-state index in [1.165, 1.54) is 31.2 Å². The van der Waals surface area contributed by atoms with Crippen LogP contribution in [0, 0.1) is 11.3 Å². The van der Waals surface area contributed by atoms with Crippen molar-refractivity contribution in [1.82, 2.24) is 10.2 Å². The molecule has 9 nitrogen and oxygen atoms in total. The van der Waals surface area contributed by atoms with Gasteiger partial charge in [0.25, 0.3) is 5.91 Å². The molecule has 0 saturated carbocycles. The SMILES string of the molecule is C[C@]1(c2ccc(C#N)cc2)NC(=O)N(CC(=O)Nc2ccc(C(N)=O)cc2)C1=O. The van der Waals surface area contributed by atoms with Crippen molar-refractivity contribution >= 4 is 29.4 Å². The number of carbonyl (C=O) groups excluding carboxylic acids is 4. The van der Waals surface area contributed by atoms with E-state index in [2.05, 4.69) is 10.6 Å². The molecular weight excluding hydrogens is 374 g/mol. The number of anilines is 1. The molecule has 0 bridgehead atoms. The van der Waals surface area contributed by atoms with Gasteiger partial charge in [0.05, 0.1) is 11.6 Å². The summed E-state index contributed by atoms with van der Waals surface area (Å²) in [6.07, 6.45) is 0. The van der Waals surface area contributed by atoms with E-state index in [1.54, 1.807) is 24.3 Å². The summed E-state index contributed by atoms with van der Waals surface area (Å²) in [7, 11) is 0. The van der Waals surface area contributed by atoms with Crippen LogP contribution in [0.3, 0.4) is 0 Å². The average molecular weight is 391 g/mol. The van der Waals surface area contributed by atoms with Gasteiger partial charge in [-0.1, -0.05) is 12.1 Å². The molecule has 0 aliphatic carbocycles. The van der Waals surface area contributed by atoms with Crippen molar-refractivity contribution in [2.24, 2.45) is 5.73 Å². The van der Waals surface area contributed by atoms with Crippen LogP contribution in [0.25, 0.3) is 0 Å². The fraction of sp³-hybridized carbons (Fsp3) is 0.150. The highest BCUT2D eigenvalue weighted by Gasteiger charge is 2.49. The average Bonchev–Trinajstić information content (AvgIpc) is 2.92. The fourth-order valence-electron chi connectivity index (χ4n) is 2.98. The predicted molar refractivity (Wildman–Crippen MR) is 102 cm³/mol. The number of nitrogens with zero attached hydrogens (tertiary/aromatic N) is 2. The molecule has 1 atom stereocenters. The minimum Gasteiger partial charge on any atom is -0.366 e. The molecule has 1 aliphatic heterocycles. The molecule has 0 spiro atoms. The van der Waals surface area contributed by atoms with Crippen LogP contribution in [0.5, 0.6) is 0 Å². The van der Waals surface area contributed by atoms with E-state index in [4.69, 9.17) is 11.0 Å². The summed E-state index contributed by atoms with van der Waals surface area (Å²) in [5.74, 6) is -1.75. The molecule has 1 saturated heterocycles. The second-order valence-electron chi connectivity index (χ2n) is 6.63. The largest absolute Gasteiger partial charge is 0.366 e.